The molecule has 2 aliphatic rings. The lowest BCUT2D eigenvalue weighted by molar-refractivity contribution is 0.0977. The van der Waals surface area contributed by atoms with Crippen LogP contribution in [-0.2, 0) is 18.4 Å². The summed E-state index contributed by atoms with van der Waals surface area (Å²) in [6, 6.07) is 14.4. The minimum Gasteiger partial charge on any atom is -0.481 e. The summed E-state index contributed by atoms with van der Waals surface area (Å²) in [5, 5.41) is 3.29. The molecule has 1 aliphatic heterocycles. The van der Waals surface area contributed by atoms with Gasteiger partial charge in [0.25, 0.3) is 5.91 Å². The maximum Gasteiger partial charge on any atom is 0.257 e. The van der Waals surface area contributed by atoms with E-state index in [4.69, 9.17) is 9.73 Å². The number of hydrogen-bond donors (Lipinski definition) is 1. The predicted octanol–water partition coefficient (Wildman–Crippen LogP) is 4.51. The second-order valence-corrected chi connectivity index (χ2v) is 9.14. The number of thioether (sulfide) groups is 1. The highest BCUT2D eigenvalue weighted by Gasteiger charge is 2.49. The van der Waals surface area contributed by atoms with E-state index in [-0.39, 0.29) is 11.8 Å². The number of nitrogens with zero attached hydrogens (tertiary/aromatic N) is 2. The van der Waals surface area contributed by atoms with Crippen molar-refractivity contribution in [3.63, 3.8) is 0 Å². The van der Waals surface area contributed by atoms with Gasteiger partial charge in [-0.25, -0.2) is 18.8 Å². The number of pyridine rings is 1. The fourth-order valence-electron chi connectivity index (χ4n) is 4.67. The number of nitrogens with one attached hydrogen (secondary N) is 1. The van der Waals surface area contributed by atoms with Gasteiger partial charge in [-0.2, -0.15) is 0 Å². The Morgan fingerprint density at radius 1 is 1.18 bits per heavy atom. The van der Waals surface area contributed by atoms with E-state index in [2.05, 4.69) is 10.3 Å². The van der Waals surface area contributed by atoms with Crippen LogP contribution in [0, 0.1) is 17.6 Å². The highest BCUT2D eigenvalue weighted by atomic mass is 32.2. The quantitative estimate of drug-likeness (QED) is 0.618. The van der Waals surface area contributed by atoms with Crippen LogP contribution in [0.25, 0.3) is 0 Å². The van der Waals surface area contributed by atoms with E-state index in [1.165, 1.54) is 23.9 Å². The van der Waals surface area contributed by atoms with Gasteiger partial charge in [0.05, 0.1) is 12.6 Å². The number of amides is 1. The summed E-state index contributed by atoms with van der Waals surface area (Å²) in [5.41, 5.74) is 1.72. The van der Waals surface area contributed by atoms with E-state index in [9.17, 15) is 9.18 Å². The number of benzene rings is 2. The molecule has 8 heteroatoms. The van der Waals surface area contributed by atoms with E-state index < -0.39 is 17.2 Å². The summed E-state index contributed by atoms with van der Waals surface area (Å²) in [4.78, 5) is 22.0. The predicted molar refractivity (Wildman–Crippen MR) is 124 cm³/mol. The van der Waals surface area contributed by atoms with Crippen molar-refractivity contribution in [2.75, 3.05) is 12.9 Å². The first kappa shape index (κ1) is 21.6. The third-order valence-electron chi connectivity index (χ3n) is 6.27. The topological polar surface area (TPSA) is 63.6 Å². The monoisotopic (exact) mass is 465 g/mol. The highest BCUT2D eigenvalue weighted by Crippen LogP contribution is 2.50. The molecule has 1 N–H and O–H groups in total. The van der Waals surface area contributed by atoms with E-state index in [1.54, 1.807) is 37.6 Å². The Kier molecular flexibility index (Phi) is 5.62. The lowest BCUT2D eigenvalue weighted by Gasteiger charge is -2.45. The molecule has 1 amide bonds. The van der Waals surface area contributed by atoms with E-state index in [0.717, 1.165) is 17.2 Å². The third kappa shape index (κ3) is 3.88. The molecule has 0 bridgehead atoms. The molecule has 1 aromatic heterocycles. The number of carbonyl (C=O) groups is 1. The summed E-state index contributed by atoms with van der Waals surface area (Å²) in [5.74, 6) is -0.558. The van der Waals surface area contributed by atoms with Gasteiger partial charge in [0.15, 0.2) is 5.17 Å². The average molecular weight is 466 g/mol. The zero-order valence-electron chi connectivity index (χ0n) is 17.8. The van der Waals surface area contributed by atoms with Gasteiger partial charge in [-0.05, 0) is 36.2 Å². The molecule has 5 rings (SSSR count). The maximum atomic E-state index is 15.2. The Hall–Kier alpha value is -3.26. The Morgan fingerprint density at radius 2 is 2.00 bits per heavy atom. The van der Waals surface area contributed by atoms with Gasteiger partial charge in [0.1, 0.15) is 11.6 Å². The van der Waals surface area contributed by atoms with Crippen LogP contribution < -0.4 is 10.1 Å². The number of halogens is 2. The van der Waals surface area contributed by atoms with Crippen LogP contribution in [0.1, 0.15) is 27.0 Å². The lowest BCUT2D eigenvalue weighted by atomic mass is 9.67. The van der Waals surface area contributed by atoms with E-state index in [0.29, 0.717) is 40.8 Å². The fourth-order valence-corrected chi connectivity index (χ4v) is 5.82. The summed E-state index contributed by atoms with van der Waals surface area (Å²) < 4.78 is 34.4. The molecular weight excluding hydrogens is 444 g/mol. The van der Waals surface area contributed by atoms with Gasteiger partial charge >= 0.3 is 0 Å². The van der Waals surface area contributed by atoms with Crippen molar-refractivity contribution in [1.82, 2.24) is 10.3 Å². The van der Waals surface area contributed by atoms with Gasteiger partial charge in [-0.15, -0.1) is 0 Å². The molecule has 0 fully saturated rings. The van der Waals surface area contributed by atoms with Crippen molar-refractivity contribution in [1.29, 1.82) is 0 Å². The molecule has 2 aromatic carbocycles. The second kappa shape index (κ2) is 8.59. The summed E-state index contributed by atoms with van der Waals surface area (Å²) in [7, 11) is 1.55. The fraction of sp³-hybridized carbons (Fsp3) is 0.240. The number of fused-ring (bicyclic) bond motifs is 2. The largest absolute Gasteiger partial charge is 0.481 e. The third-order valence-corrected chi connectivity index (χ3v) is 7.31. The Labute approximate surface area is 194 Å². The van der Waals surface area contributed by atoms with Crippen LogP contribution in [0.4, 0.5) is 8.78 Å². The normalized spacial score (nSPS) is 21.4. The molecule has 0 unspecified atom stereocenters. The van der Waals surface area contributed by atoms with Gasteiger partial charge in [-0.3, -0.25) is 4.79 Å². The number of rotatable bonds is 3. The molecule has 3 aromatic rings. The summed E-state index contributed by atoms with van der Waals surface area (Å²) >= 11 is 1.43. The highest BCUT2D eigenvalue weighted by molar-refractivity contribution is 8.13. The van der Waals surface area contributed by atoms with E-state index >= 15 is 4.39 Å². The molecule has 2 atom stereocenters. The van der Waals surface area contributed by atoms with Crippen molar-refractivity contribution >= 4 is 22.8 Å². The van der Waals surface area contributed by atoms with Crippen molar-refractivity contribution in [2.45, 2.75) is 18.4 Å². The minimum atomic E-state index is -1.02. The van der Waals surface area contributed by atoms with Crippen LogP contribution in [-0.4, -0.2) is 28.9 Å². The first-order chi connectivity index (χ1) is 16.0. The SMILES string of the molecule is COc1nccc2c1C[C@]1(c3ccc(F)cc3F)N=C(NC(=O)c3ccccc3)SC[C@@H]1C2. The molecule has 168 valence electrons. The number of aromatic nitrogens is 1. The molecule has 0 radical (unpaired) electrons. The first-order valence-corrected chi connectivity index (χ1v) is 11.5. The molecule has 0 saturated heterocycles. The lowest BCUT2D eigenvalue weighted by Crippen LogP contribution is -2.48. The first-order valence-electron chi connectivity index (χ1n) is 10.6. The van der Waals surface area contributed by atoms with E-state index in [1.807, 2.05) is 12.1 Å². The van der Waals surface area contributed by atoms with Crippen LogP contribution in [0.5, 0.6) is 5.88 Å². The zero-order chi connectivity index (χ0) is 23.0. The van der Waals surface area contributed by atoms with Crippen molar-refractivity contribution in [3.8, 4) is 5.88 Å². The van der Waals surface area contributed by atoms with Crippen LogP contribution in [0.2, 0.25) is 0 Å². The summed E-state index contributed by atoms with van der Waals surface area (Å²) in [6.45, 7) is 0. The van der Waals surface area contributed by atoms with Gasteiger partial charge in [-0.1, -0.05) is 36.0 Å². The minimum absolute atomic E-state index is 0.0561. The molecule has 33 heavy (non-hydrogen) atoms. The number of hydrogen-bond acceptors (Lipinski definition) is 5. The Morgan fingerprint density at radius 3 is 2.76 bits per heavy atom. The maximum absolute atomic E-state index is 15.2. The number of carbonyl (C=O) groups excluding carboxylic acids is 1. The molecular formula is C25H21F2N3O2S. The molecule has 2 heterocycles. The number of ether oxygens (including phenoxy) is 1. The molecule has 1 aliphatic carbocycles. The van der Waals surface area contributed by atoms with Crippen molar-refractivity contribution in [2.24, 2.45) is 10.9 Å². The average Bonchev–Trinajstić information content (AvgIpc) is 2.82. The summed E-state index contributed by atoms with van der Waals surface area (Å²) in [6.07, 6.45) is 2.67. The molecule has 0 spiro atoms. The van der Waals surface area contributed by atoms with Crippen LogP contribution >= 0.6 is 11.8 Å². The number of amidine groups is 1. The Bertz CT molecular complexity index is 1250. The standard InChI is InChI=1S/C25H21F2N3O2S/c1-32-23-19-13-25(20-8-7-18(26)12-21(20)27)17(11-16(19)9-10-28-23)14-33-24(30-25)29-22(31)15-5-3-2-4-6-15/h2-10,12,17H,11,13-14H2,1H3,(H,29,30,31)/t17-,25-/m0/s1. The van der Waals surface area contributed by atoms with Crippen LogP contribution in [0.3, 0.4) is 0 Å². The van der Waals surface area contributed by atoms with Gasteiger partial charge in [0.2, 0.25) is 5.88 Å². The Balaban J connectivity index is 1.62. The van der Waals surface area contributed by atoms with Gasteiger partial charge < -0.3 is 10.1 Å². The van der Waals surface area contributed by atoms with Crippen LogP contribution in [0.15, 0.2) is 65.8 Å². The second-order valence-electron chi connectivity index (χ2n) is 8.13. The smallest absolute Gasteiger partial charge is 0.257 e. The molecule has 0 saturated carbocycles. The van der Waals surface area contributed by atoms with Crippen molar-refractivity contribution in [3.05, 3.63) is 94.7 Å². The van der Waals surface area contributed by atoms with Gasteiger partial charge in [0, 0.05) is 47.0 Å². The number of methoxy groups -OCH3 is 1. The molecule has 5 nitrogen and oxygen atoms in total. The van der Waals surface area contributed by atoms with Crippen molar-refractivity contribution < 1.29 is 18.3 Å². The zero-order valence-corrected chi connectivity index (χ0v) is 18.7. The number of aliphatic imine (C=N–C) groups is 1.